The Balaban J connectivity index is 1.10. The van der Waals surface area contributed by atoms with Crippen LogP contribution in [0.5, 0.6) is 0 Å². The van der Waals surface area contributed by atoms with E-state index in [1.165, 1.54) is 133 Å². The van der Waals surface area contributed by atoms with Crippen molar-refractivity contribution in [3.05, 3.63) is 256 Å². The van der Waals surface area contributed by atoms with Crippen LogP contribution in [-0.2, 0) is 0 Å². The number of fused-ring (bicyclic) bond motifs is 1. The minimum absolute atomic E-state index is 1.16. The van der Waals surface area contributed by atoms with Crippen molar-refractivity contribution in [1.82, 2.24) is 0 Å². The van der Waals surface area contributed by atoms with Gasteiger partial charge in [0.15, 0.2) is 0 Å². The van der Waals surface area contributed by atoms with E-state index in [9.17, 15) is 0 Å². The van der Waals surface area contributed by atoms with Crippen molar-refractivity contribution in [2.45, 2.75) is 83.1 Å². The normalized spacial score (nSPS) is 11.5. The van der Waals surface area contributed by atoms with Gasteiger partial charge in [0.05, 0.1) is 0 Å². The molecule has 66 heavy (non-hydrogen) atoms. The quantitative estimate of drug-likeness (QED) is 0.120. The molecule has 0 saturated heterocycles. The average Bonchev–Trinajstić information content (AvgIpc) is 3.24. The lowest BCUT2D eigenvalue weighted by molar-refractivity contribution is 1.25. The first-order valence-corrected chi connectivity index (χ1v) is 23.5. The molecule has 0 bridgehead atoms. The Labute approximate surface area is 395 Å². The summed E-state index contributed by atoms with van der Waals surface area (Å²) < 4.78 is 0. The van der Waals surface area contributed by atoms with E-state index in [1.807, 2.05) is 0 Å². The maximum Gasteiger partial charge on any atom is -0.00948 e. The molecule has 8 aromatic rings. The van der Waals surface area contributed by atoms with Gasteiger partial charge < -0.3 is 0 Å². The molecule has 0 heterocycles. The third kappa shape index (κ3) is 9.95. The lowest BCUT2D eigenvalue weighted by Crippen LogP contribution is -2.01. The van der Waals surface area contributed by atoms with Crippen LogP contribution >= 0.6 is 0 Å². The van der Waals surface area contributed by atoms with Crippen molar-refractivity contribution in [2.75, 3.05) is 0 Å². The van der Waals surface area contributed by atoms with E-state index >= 15 is 0 Å². The van der Waals surface area contributed by atoms with Crippen LogP contribution in [0.25, 0.3) is 58.4 Å². The topological polar surface area (TPSA) is 0 Å². The van der Waals surface area contributed by atoms with Gasteiger partial charge in [0.1, 0.15) is 0 Å². The predicted molar refractivity (Wildman–Crippen MR) is 291 cm³/mol. The SMILES string of the molecule is Cc1cc(C)c(C(=Cc2ccc(/C=C\c3cc4ccccc4cc3/C=C\c3ccc(C=C(c4c(C)cc(C)cc4C)c4c(C)cc(C)cc4C)cc3)cc2)c2c(C)cc(C)cc2C)c(C)c1. The van der Waals surface area contributed by atoms with Gasteiger partial charge in [-0.3, -0.25) is 0 Å². The van der Waals surface area contributed by atoms with Crippen LogP contribution in [0.3, 0.4) is 0 Å². The summed E-state index contributed by atoms with van der Waals surface area (Å²) in [4.78, 5) is 0. The van der Waals surface area contributed by atoms with Gasteiger partial charge in [-0.15, -0.1) is 0 Å². The molecule has 0 amide bonds. The molecule has 0 nitrogen and oxygen atoms in total. The Hall–Kier alpha value is -7.02. The monoisotopic (exact) mass is 857 g/mol. The minimum Gasteiger partial charge on any atom is -0.0616 e. The highest BCUT2D eigenvalue weighted by Gasteiger charge is 2.18. The molecular formula is C66H64. The van der Waals surface area contributed by atoms with E-state index < -0.39 is 0 Å². The van der Waals surface area contributed by atoms with Crippen molar-refractivity contribution in [3.63, 3.8) is 0 Å². The summed E-state index contributed by atoms with van der Waals surface area (Å²) in [5, 5.41) is 2.46. The molecule has 0 aliphatic heterocycles. The van der Waals surface area contributed by atoms with Gasteiger partial charge in [0.25, 0.3) is 0 Å². The second kappa shape index (κ2) is 19.2. The van der Waals surface area contributed by atoms with Gasteiger partial charge in [-0.25, -0.2) is 0 Å². The van der Waals surface area contributed by atoms with Crippen LogP contribution in [0.1, 0.15) is 122 Å². The van der Waals surface area contributed by atoms with E-state index in [-0.39, 0.29) is 0 Å². The number of benzene rings is 8. The minimum atomic E-state index is 1.16. The fraction of sp³-hybridized carbons (Fsp3) is 0.182. The fourth-order valence-corrected chi connectivity index (χ4v) is 10.6. The zero-order valence-electron chi connectivity index (χ0n) is 41.2. The van der Waals surface area contributed by atoms with Crippen LogP contribution in [0, 0.1) is 83.1 Å². The van der Waals surface area contributed by atoms with Crippen molar-refractivity contribution in [2.24, 2.45) is 0 Å². The highest BCUT2D eigenvalue weighted by molar-refractivity contribution is 5.97. The second-order valence-corrected chi connectivity index (χ2v) is 19.0. The highest BCUT2D eigenvalue weighted by Crippen LogP contribution is 2.38. The number of hydrogen-bond acceptors (Lipinski definition) is 0. The largest absolute Gasteiger partial charge is 0.0616 e. The van der Waals surface area contributed by atoms with Gasteiger partial charge in [0, 0.05) is 0 Å². The summed E-state index contributed by atoms with van der Waals surface area (Å²) >= 11 is 0. The Bertz CT molecular complexity index is 2830. The first kappa shape index (κ1) is 45.5. The number of aryl methyl sites for hydroxylation is 12. The summed E-state index contributed by atoms with van der Waals surface area (Å²) in [5.74, 6) is 0. The summed E-state index contributed by atoms with van der Waals surface area (Å²) in [5.41, 5.74) is 30.6. The summed E-state index contributed by atoms with van der Waals surface area (Å²) in [6, 6.07) is 49.7. The van der Waals surface area contributed by atoms with Crippen molar-refractivity contribution < 1.29 is 0 Å². The van der Waals surface area contributed by atoms with Crippen molar-refractivity contribution in [1.29, 1.82) is 0 Å². The molecule has 0 radical (unpaired) electrons. The van der Waals surface area contributed by atoms with Gasteiger partial charge in [-0.1, -0.05) is 168 Å². The summed E-state index contributed by atoms with van der Waals surface area (Å²) in [7, 11) is 0. The van der Waals surface area contributed by atoms with Gasteiger partial charge in [-0.2, -0.15) is 0 Å². The average molecular weight is 857 g/mol. The standard InChI is InChI=1S/C66H64/c1-41-29-45(5)63(46(6)30-41)61(64-47(7)31-42(2)32-48(64)8)37-55-21-17-53(18-22-55)25-27-59-39-57-15-13-14-16-58(57)40-60(59)28-26-54-19-23-56(24-20-54)38-62(65-49(9)33-43(3)34-50(65)10)66-51(11)35-44(4)36-52(66)12/h13-40H,1-12H3/b27-25-,28-26-. The molecule has 0 spiro atoms. The van der Waals surface area contributed by atoms with E-state index in [0.717, 1.165) is 11.1 Å². The van der Waals surface area contributed by atoms with E-state index in [1.54, 1.807) is 0 Å². The maximum atomic E-state index is 2.38. The van der Waals surface area contributed by atoms with Crippen molar-refractivity contribution in [3.8, 4) is 0 Å². The van der Waals surface area contributed by atoms with E-state index in [2.05, 4.69) is 253 Å². The van der Waals surface area contributed by atoms with E-state index in [4.69, 9.17) is 0 Å². The molecular weight excluding hydrogens is 793 g/mol. The van der Waals surface area contributed by atoms with Gasteiger partial charge in [-0.05, 0) is 229 Å². The lowest BCUT2D eigenvalue weighted by Gasteiger charge is -2.20. The number of hydrogen-bond donors (Lipinski definition) is 0. The van der Waals surface area contributed by atoms with Crippen LogP contribution in [0.2, 0.25) is 0 Å². The fourth-order valence-electron chi connectivity index (χ4n) is 10.6. The predicted octanol–water partition coefficient (Wildman–Crippen LogP) is 18.1. The molecule has 0 aliphatic carbocycles. The Kier molecular flexibility index (Phi) is 13.3. The van der Waals surface area contributed by atoms with E-state index in [0.29, 0.717) is 0 Å². The molecule has 0 saturated carbocycles. The first-order chi connectivity index (χ1) is 31.6. The van der Waals surface area contributed by atoms with Crippen LogP contribution in [0.15, 0.2) is 133 Å². The smallest absolute Gasteiger partial charge is 0.00948 e. The summed E-state index contributed by atoms with van der Waals surface area (Å²) in [6.45, 7) is 26.7. The molecule has 8 aromatic carbocycles. The zero-order chi connectivity index (χ0) is 46.8. The molecule has 0 aliphatic rings. The summed E-state index contributed by atoms with van der Waals surface area (Å²) in [6.07, 6.45) is 13.8. The molecule has 328 valence electrons. The number of rotatable bonds is 10. The Morgan fingerprint density at radius 3 is 0.773 bits per heavy atom. The van der Waals surface area contributed by atoms with Gasteiger partial charge >= 0.3 is 0 Å². The van der Waals surface area contributed by atoms with Crippen LogP contribution in [-0.4, -0.2) is 0 Å². The van der Waals surface area contributed by atoms with Gasteiger partial charge in [0.2, 0.25) is 0 Å². The third-order valence-corrected chi connectivity index (χ3v) is 13.1. The van der Waals surface area contributed by atoms with Crippen LogP contribution in [0.4, 0.5) is 0 Å². The van der Waals surface area contributed by atoms with Crippen LogP contribution < -0.4 is 0 Å². The first-order valence-electron chi connectivity index (χ1n) is 23.5. The zero-order valence-corrected chi connectivity index (χ0v) is 41.2. The van der Waals surface area contributed by atoms with Crippen molar-refractivity contribution >= 4 is 58.4 Å². The molecule has 0 aromatic heterocycles. The molecule has 0 fully saturated rings. The second-order valence-electron chi connectivity index (χ2n) is 19.0. The Morgan fingerprint density at radius 2 is 0.515 bits per heavy atom. The lowest BCUT2D eigenvalue weighted by atomic mass is 9.84. The molecule has 0 unspecified atom stereocenters. The molecule has 0 atom stereocenters. The Morgan fingerprint density at radius 1 is 0.273 bits per heavy atom. The maximum absolute atomic E-state index is 2.38. The molecule has 0 heteroatoms. The third-order valence-electron chi connectivity index (χ3n) is 13.1. The molecule has 0 N–H and O–H groups in total. The molecule has 8 rings (SSSR count). The highest BCUT2D eigenvalue weighted by atomic mass is 14.2.